The molecule has 1 aromatic carbocycles. The van der Waals surface area contributed by atoms with Crippen LogP contribution in [0.2, 0.25) is 0 Å². The summed E-state index contributed by atoms with van der Waals surface area (Å²) in [7, 11) is 0. The van der Waals surface area contributed by atoms with E-state index in [0.717, 1.165) is 11.1 Å². The van der Waals surface area contributed by atoms with E-state index in [1.54, 1.807) is 12.4 Å². The Morgan fingerprint density at radius 3 is 2.75 bits per heavy atom. The van der Waals surface area contributed by atoms with Gasteiger partial charge in [0.25, 0.3) is 0 Å². The molecule has 96 valence electrons. The van der Waals surface area contributed by atoms with Crippen LogP contribution in [0.15, 0.2) is 49.1 Å². The number of nitrogen functional groups attached to an aromatic ring is 1. The van der Waals surface area contributed by atoms with Crippen LogP contribution in [0.4, 0.5) is 5.69 Å². The Labute approximate surface area is 115 Å². The van der Waals surface area contributed by atoms with Crippen molar-refractivity contribution in [2.24, 2.45) is 0 Å². The summed E-state index contributed by atoms with van der Waals surface area (Å²) < 4.78 is 1.52. The number of para-hydroxylation sites is 1. The van der Waals surface area contributed by atoms with Gasteiger partial charge in [0.15, 0.2) is 11.5 Å². The summed E-state index contributed by atoms with van der Waals surface area (Å²) in [5, 5.41) is 13.3. The van der Waals surface area contributed by atoms with E-state index in [2.05, 4.69) is 15.1 Å². The summed E-state index contributed by atoms with van der Waals surface area (Å²) in [6.45, 7) is 0. The lowest BCUT2D eigenvalue weighted by Gasteiger charge is -2.02. The molecule has 0 aliphatic heterocycles. The number of anilines is 1. The van der Waals surface area contributed by atoms with E-state index in [1.807, 2.05) is 30.3 Å². The van der Waals surface area contributed by atoms with E-state index in [-0.39, 0.29) is 5.69 Å². The lowest BCUT2D eigenvalue weighted by molar-refractivity contribution is 0.832. The maximum absolute atomic E-state index is 9.03. The minimum absolute atomic E-state index is 0.225. The van der Waals surface area contributed by atoms with Gasteiger partial charge in [0, 0.05) is 35.4 Å². The summed E-state index contributed by atoms with van der Waals surface area (Å²) >= 11 is 0. The van der Waals surface area contributed by atoms with E-state index in [0.29, 0.717) is 11.5 Å². The van der Waals surface area contributed by atoms with Crippen molar-refractivity contribution < 1.29 is 0 Å². The van der Waals surface area contributed by atoms with Crippen molar-refractivity contribution in [3.63, 3.8) is 0 Å². The molecule has 0 aliphatic carbocycles. The minimum atomic E-state index is 0.225. The zero-order valence-electron chi connectivity index (χ0n) is 10.4. The number of benzene rings is 1. The highest BCUT2D eigenvalue weighted by Gasteiger charge is 2.10. The first-order valence-electron chi connectivity index (χ1n) is 5.90. The van der Waals surface area contributed by atoms with Gasteiger partial charge in [-0.05, 0) is 6.07 Å². The molecule has 0 fully saturated rings. The van der Waals surface area contributed by atoms with E-state index < -0.39 is 0 Å². The second-order valence-corrected chi connectivity index (χ2v) is 4.10. The summed E-state index contributed by atoms with van der Waals surface area (Å²) in [5.41, 5.74) is 8.59. The number of aromatic nitrogens is 4. The van der Waals surface area contributed by atoms with Crippen molar-refractivity contribution in [2.75, 3.05) is 5.73 Å². The van der Waals surface area contributed by atoms with Gasteiger partial charge in [-0.25, -0.2) is 14.6 Å². The third kappa shape index (κ3) is 1.97. The standard InChI is InChI=1S/C14H10N6/c15-7-13-14(18-6-5-17-13)20-9-10(8-19-20)11-3-1-2-4-12(11)16/h1-6,8-9H,16H2. The lowest BCUT2D eigenvalue weighted by Crippen LogP contribution is -2.02. The summed E-state index contributed by atoms with van der Waals surface area (Å²) in [4.78, 5) is 8.10. The van der Waals surface area contributed by atoms with Gasteiger partial charge < -0.3 is 5.73 Å². The average molecular weight is 262 g/mol. The Morgan fingerprint density at radius 2 is 1.95 bits per heavy atom. The molecule has 2 N–H and O–H groups in total. The highest BCUT2D eigenvalue weighted by Crippen LogP contribution is 2.25. The van der Waals surface area contributed by atoms with Gasteiger partial charge in [-0.15, -0.1) is 0 Å². The molecule has 0 radical (unpaired) electrons. The first-order chi connectivity index (χ1) is 9.79. The molecule has 2 heterocycles. The summed E-state index contributed by atoms with van der Waals surface area (Å²) in [5.74, 6) is 0.399. The number of nitriles is 1. The van der Waals surface area contributed by atoms with Crippen molar-refractivity contribution in [3.8, 4) is 23.0 Å². The van der Waals surface area contributed by atoms with Gasteiger partial charge in [-0.3, -0.25) is 0 Å². The zero-order chi connectivity index (χ0) is 13.9. The second kappa shape index (κ2) is 4.82. The fourth-order valence-electron chi connectivity index (χ4n) is 1.91. The Balaban J connectivity index is 2.08. The van der Waals surface area contributed by atoms with Crippen molar-refractivity contribution in [1.82, 2.24) is 19.7 Å². The van der Waals surface area contributed by atoms with Gasteiger partial charge in [0.2, 0.25) is 0 Å². The lowest BCUT2D eigenvalue weighted by atomic mass is 10.1. The largest absolute Gasteiger partial charge is 0.398 e. The molecule has 0 atom stereocenters. The predicted molar refractivity (Wildman–Crippen MR) is 73.7 cm³/mol. The maximum atomic E-state index is 9.03. The Kier molecular flexibility index (Phi) is 2.86. The fraction of sp³-hybridized carbons (Fsp3) is 0. The van der Waals surface area contributed by atoms with E-state index in [4.69, 9.17) is 11.0 Å². The van der Waals surface area contributed by atoms with E-state index in [1.165, 1.54) is 17.1 Å². The SMILES string of the molecule is N#Cc1nccnc1-n1cc(-c2ccccc2N)cn1. The van der Waals surface area contributed by atoms with Gasteiger partial charge in [-0.2, -0.15) is 10.4 Å². The molecule has 0 bridgehead atoms. The normalized spacial score (nSPS) is 10.2. The molecule has 6 nitrogen and oxygen atoms in total. The quantitative estimate of drug-likeness (QED) is 0.710. The summed E-state index contributed by atoms with van der Waals surface area (Å²) in [6.07, 6.45) is 6.45. The molecule has 3 rings (SSSR count). The zero-order valence-corrected chi connectivity index (χ0v) is 10.4. The molecule has 6 heteroatoms. The van der Waals surface area contributed by atoms with Crippen LogP contribution < -0.4 is 5.73 Å². The maximum Gasteiger partial charge on any atom is 0.190 e. The Morgan fingerprint density at radius 1 is 1.15 bits per heavy atom. The van der Waals surface area contributed by atoms with Gasteiger partial charge in [0.05, 0.1) is 6.20 Å². The minimum Gasteiger partial charge on any atom is -0.398 e. The van der Waals surface area contributed by atoms with Gasteiger partial charge in [0.1, 0.15) is 6.07 Å². The molecular weight excluding hydrogens is 252 g/mol. The highest BCUT2D eigenvalue weighted by molar-refractivity contribution is 5.75. The monoisotopic (exact) mass is 262 g/mol. The first-order valence-corrected chi connectivity index (χ1v) is 5.90. The predicted octanol–water partition coefficient (Wildman–Crippen LogP) is 1.78. The van der Waals surface area contributed by atoms with E-state index >= 15 is 0 Å². The van der Waals surface area contributed by atoms with Crippen LogP contribution in [-0.2, 0) is 0 Å². The molecule has 0 amide bonds. The molecule has 0 saturated carbocycles. The third-order valence-electron chi connectivity index (χ3n) is 2.86. The third-order valence-corrected chi connectivity index (χ3v) is 2.86. The van der Waals surface area contributed by atoms with Gasteiger partial charge in [-0.1, -0.05) is 18.2 Å². The van der Waals surface area contributed by atoms with Crippen molar-refractivity contribution in [3.05, 3.63) is 54.7 Å². The number of rotatable bonds is 2. The average Bonchev–Trinajstić information content (AvgIpc) is 2.97. The van der Waals surface area contributed by atoms with Crippen molar-refractivity contribution in [1.29, 1.82) is 5.26 Å². The van der Waals surface area contributed by atoms with E-state index in [9.17, 15) is 0 Å². The molecule has 0 saturated heterocycles. The summed E-state index contributed by atoms with van der Waals surface area (Å²) in [6, 6.07) is 9.52. The molecular formula is C14H10N6. The topological polar surface area (TPSA) is 93.4 Å². The highest BCUT2D eigenvalue weighted by atomic mass is 15.3. The fourth-order valence-corrected chi connectivity index (χ4v) is 1.91. The number of nitrogens with zero attached hydrogens (tertiary/aromatic N) is 5. The van der Waals surface area contributed by atoms with Gasteiger partial charge >= 0.3 is 0 Å². The first kappa shape index (κ1) is 11.9. The van der Waals surface area contributed by atoms with Crippen LogP contribution in [0, 0.1) is 11.3 Å². The van der Waals surface area contributed by atoms with Crippen LogP contribution >= 0.6 is 0 Å². The van der Waals surface area contributed by atoms with Crippen LogP contribution in [0.1, 0.15) is 5.69 Å². The number of hydrogen-bond donors (Lipinski definition) is 1. The van der Waals surface area contributed by atoms with Crippen molar-refractivity contribution >= 4 is 5.69 Å². The van der Waals surface area contributed by atoms with Crippen LogP contribution in [-0.4, -0.2) is 19.7 Å². The second-order valence-electron chi connectivity index (χ2n) is 4.10. The number of hydrogen-bond acceptors (Lipinski definition) is 5. The van der Waals surface area contributed by atoms with Crippen molar-refractivity contribution in [2.45, 2.75) is 0 Å². The molecule has 0 spiro atoms. The molecule has 20 heavy (non-hydrogen) atoms. The molecule has 0 aliphatic rings. The Hall–Kier alpha value is -3.20. The Bertz CT molecular complexity index is 799. The van der Waals surface area contributed by atoms with Crippen LogP contribution in [0.3, 0.4) is 0 Å². The molecule has 2 aromatic heterocycles. The number of nitrogens with two attached hydrogens (primary N) is 1. The molecule has 0 unspecified atom stereocenters. The smallest absolute Gasteiger partial charge is 0.190 e. The van der Waals surface area contributed by atoms with Crippen LogP contribution in [0.25, 0.3) is 16.9 Å². The molecule has 3 aromatic rings. The van der Waals surface area contributed by atoms with Crippen LogP contribution in [0.5, 0.6) is 0 Å².